The number of rotatable bonds is 8. The second-order valence-electron chi connectivity index (χ2n) is 5.34. The van der Waals surface area contributed by atoms with Crippen LogP contribution in [0.5, 0.6) is 5.75 Å². The number of aliphatic hydroxyl groups is 1. The Kier molecular flexibility index (Phi) is 6.95. The molecule has 5 heteroatoms. The Morgan fingerprint density at radius 1 is 1.24 bits per heavy atom. The van der Waals surface area contributed by atoms with E-state index in [4.69, 9.17) is 19.9 Å². The molecular weight excluding hydrogens is 270 g/mol. The molecular formula is C16H25NO4. The summed E-state index contributed by atoms with van der Waals surface area (Å²) in [4.78, 5) is 0. The van der Waals surface area contributed by atoms with Crippen LogP contribution in [0, 0.1) is 0 Å². The van der Waals surface area contributed by atoms with Crippen LogP contribution >= 0.6 is 0 Å². The molecule has 1 saturated heterocycles. The molecule has 1 aromatic rings. The standard InChI is InChI=1S/C16H25NO4/c17-9-13-4-6-15(7-5-13)21-11-14(18)10-19-12-16-3-1-2-8-20-16/h4-7,14,16,18H,1-3,8-12,17H2. The van der Waals surface area contributed by atoms with Crippen LogP contribution in [0.1, 0.15) is 24.8 Å². The van der Waals surface area contributed by atoms with E-state index in [1.54, 1.807) is 0 Å². The lowest BCUT2D eigenvalue weighted by Crippen LogP contribution is -2.29. The number of hydrogen-bond donors (Lipinski definition) is 2. The highest BCUT2D eigenvalue weighted by Crippen LogP contribution is 2.14. The molecule has 1 aliphatic heterocycles. The number of benzene rings is 1. The molecule has 1 aliphatic rings. The molecule has 5 nitrogen and oxygen atoms in total. The van der Waals surface area contributed by atoms with E-state index in [-0.39, 0.29) is 19.3 Å². The van der Waals surface area contributed by atoms with E-state index < -0.39 is 6.10 Å². The minimum Gasteiger partial charge on any atom is -0.491 e. The predicted octanol–water partition coefficient (Wildman–Crippen LogP) is 1.47. The van der Waals surface area contributed by atoms with Gasteiger partial charge >= 0.3 is 0 Å². The summed E-state index contributed by atoms with van der Waals surface area (Å²) in [5, 5.41) is 9.83. The zero-order valence-corrected chi connectivity index (χ0v) is 12.4. The average Bonchev–Trinajstić information content (AvgIpc) is 2.54. The second-order valence-corrected chi connectivity index (χ2v) is 5.34. The number of ether oxygens (including phenoxy) is 3. The molecule has 0 saturated carbocycles. The molecule has 0 radical (unpaired) electrons. The minimum absolute atomic E-state index is 0.177. The molecule has 0 spiro atoms. The summed E-state index contributed by atoms with van der Waals surface area (Å²) in [7, 11) is 0. The first kappa shape index (κ1) is 16.2. The zero-order chi connectivity index (χ0) is 14.9. The smallest absolute Gasteiger partial charge is 0.119 e. The van der Waals surface area contributed by atoms with Crippen molar-refractivity contribution in [2.24, 2.45) is 5.73 Å². The summed E-state index contributed by atoms with van der Waals surface area (Å²) >= 11 is 0. The molecule has 118 valence electrons. The topological polar surface area (TPSA) is 73.9 Å². The molecule has 0 aliphatic carbocycles. The van der Waals surface area contributed by atoms with Gasteiger partial charge in [-0.25, -0.2) is 0 Å². The maximum Gasteiger partial charge on any atom is 0.119 e. The van der Waals surface area contributed by atoms with Crippen LogP contribution in [0.2, 0.25) is 0 Å². The van der Waals surface area contributed by atoms with E-state index in [9.17, 15) is 5.11 Å². The third-order valence-corrected chi connectivity index (χ3v) is 3.49. The van der Waals surface area contributed by atoms with Gasteiger partial charge in [0.2, 0.25) is 0 Å². The van der Waals surface area contributed by atoms with Crippen molar-refractivity contribution in [2.75, 3.05) is 26.4 Å². The highest BCUT2D eigenvalue weighted by Gasteiger charge is 2.14. The Bertz CT molecular complexity index is 390. The second kappa shape index (κ2) is 9.00. The van der Waals surface area contributed by atoms with Crippen molar-refractivity contribution in [3.8, 4) is 5.75 Å². The molecule has 1 aromatic carbocycles. The van der Waals surface area contributed by atoms with Gasteiger partial charge in [-0.1, -0.05) is 12.1 Å². The molecule has 21 heavy (non-hydrogen) atoms. The molecule has 0 amide bonds. The first-order valence-electron chi connectivity index (χ1n) is 7.57. The van der Waals surface area contributed by atoms with Gasteiger partial charge in [-0.05, 0) is 37.0 Å². The number of hydrogen-bond acceptors (Lipinski definition) is 5. The van der Waals surface area contributed by atoms with Gasteiger partial charge < -0.3 is 25.1 Å². The van der Waals surface area contributed by atoms with Crippen LogP contribution in [0.3, 0.4) is 0 Å². The van der Waals surface area contributed by atoms with Crippen LogP contribution < -0.4 is 10.5 Å². The molecule has 3 N–H and O–H groups in total. The molecule has 1 heterocycles. The fraction of sp³-hybridized carbons (Fsp3) is 0.625. The Hall–Kier alpha value is -1.14. The van der Waals surface area contributed by atoms with Gasteiger partial charge in [0.05, 0.1) is 19.3 Å². The SMILES string of the molecule is NCc1ccc(OCC(O)COCC2CCCCO2)cc1. The Morgan fingerprint density at radius 2 is 2.05 bits per heavy atom. The summed E-state index contributed by atoms with van der Waals surface area (Å²) in [5.41, 5.74) is 6.59. The first-order valence-corrected chi connectivity index (χ1v) is 7.57. The van der Waals surface area contributed by atoms with E-state index >= 15 is 0 Å². The Balaban J connectivity index is 1.59. The quantitative estimate of drug-likeness (QED) is 0.760. The summed E-state index contributed by atoms with van der Waals surface area (Å²) in [6.07, 6.45) is 2.91. The fourth-order valence-electron chi connectivity index (χ4n) is 2.24. The normalized spacial score (nSPS) is 20.2. The van der Waals surface area contributed by atoms with Crippen LogP contribution in [0.15, 0.2) is 24.3 Å². The highest BCUT2D eigenvalue weighted by atomic mass is 16.5. The summed E-state index contributed by atoms with van der Waals surface area (Å²) in [5.74, 6) is 0.724. The fourth-order valence-corrected chi connectivity index (χ4v) is 2.24. The molecule has 2 unspecified atom stereocenters. The zero-order valence-electron chi connectivity index (χ0n) is 12.4. The van der Waals surface area contributed by atoms with Crippen LogP contribution in [0.25, 0.3) is 0 Å². The van der Waals surface area contributed by atoms with Crippen molar-refractivity contribution in [1.82, 2.24) is 0 Å². The van der Waals surface area contributed by atoms with E-state index in [1.165, 1.54) is 6.42 Å². The number of nitrogens with two attached hydrogens (primary N) is 1. The van der Waals surface area contributed by atoms with Gasteiger partial charge in [0.15, 0.2) is 0 Å². The maximum absolute atomic E-state index is 9.83. The summed E-state index contributed by atoms with van der Waals surface area (Å²) < 4.78 is 16.6. The molecule has 0 aromatic heterocycles. The Morgan fingerprint density at radius 3 is 2.71 bits per heavy atom. The van der Waals surface area contributed by atoms with Gasteiger partial charge in [-0.15, -0.1) is 0 Å². The van der Waals surface area contributed by atoms with E-state index in [0.29, 0.717) is 13.2 Å². The number of aliphatic hydroxyl groups excluding tert-OH is 1. The third kappa shape index (κ3) is 6.01. The van der Waals surface area contributed by atoms with Crippen molar-refractivity contribution in [2.45, 2.75) is 38.0 Å². The first-order chi connectivity index (χ1) is 10.3. The van der Waals surface area contributed by atoms with Crippen molar-refractivity contribution in [3.05, 3.63) is 29.8 Å². The average molecular weight is 295 g/mol. The van der Waals surface area contributed by atoms with E-state index in [0.717, 1.165) is 30.8 Å². The van der Waals surface area contributed by atoms with Crippen molar-refractivity contribution in [3.63, 3.8) is 0 Å². The minimum atomic E-state index is -0.636. The monoisotopic (exact) mass is 295 g/mol. The maximum atomic E-state index is 9.83. The van der Waals surface area contributed by atoms with Gasteiger partial charge in [0, 0.05) is 13.2 Å². The van der Waals surface area contributed by atoms with Gasteiger partial charge in [-0.2, -0.15) is 0 Å². The highest BCUT2D eigenvalue weighted by molar-refractivity contribution is 5.27. The van der Waals surface area contributed by atoms with Crippen molar-refractivity contribution < 1.29 is 19.3 Å². The van der Waals surface area contributed by atoms with Crippen LogP contribution in [-0.4, -0.2) is 43.7 Å². The summed E-state index contributed by atoms with van der Waals surface area (Å²) in [6, 6.07) is 7.54. The Labute approximate surface area is 126 Å². The van der Waals surface area contributed by atoms with Crippen LogP contribution in [0.4, 0.5) is 0 Å². The van der Waals surface area contributed by atoms with E-state index in [2.05, 4.69) is 0 Å². The lowest BCUT2D eigenvalue weighted by atomic mass is 10.1. The lowest BCUT2D eigenvalue weighted by Gasteiger charge is -2.23. The van der Waals surface area contributed by atoms with Crippen molar-refractivity contribution >= 4 is 0 Å². The third-order valence-electron chi connectivity index (χ3n) is 3.49. The van der Waals surface area contributed by atoms with Gasteiger partial charge in [0.1, 0.15) is 18.5 Å². The predicted molar refractivity (Wildman–Crippen MR) is 80.2 cm³/mol. The molecule has 2 rings (SSSR count). The molecule has 2 atom stereocenters. The molecule has 1 fully saturated rings. The molecule has 0 bridgehead atoms. The van der Waals surface area contributed by atoms with Gasteiger partial charge in [0.25, 0.3) is 0 Å². The van der Waals surface area contributed by atoms with Crippen molar-refractivity contribution in [1.29, 1.82) is 0 Å². The van der Waals surface area contributed by atoms with E-state index in [1.807, 2.05) is 24.3 Å². The van der Waals surface area contributed by atoms with Gasteiger partial charge in [-0.3, -0.25) is 0 Å². The van der Waals surface area contributed by atoms with Crippen LogP contribution in [-0.2, 0) is 16.0 Å². The largest absolute Gasteiger partial charge is 0.491 e. The lowest BCUT2D eigenvalue weighted by molar-refractivity contribution is -0.0618. The summed E-state index contributed by atoms with van der Waals surface area (Å²) in [6.45, 7) is 2.36.